The molecule has 1 aromatic rings. The molecule has 0 radical (unpaired) electrons. The molecule has 2 N–H and O–H groups in total. The third-order valence-corrected chi connectivity index (χ3v) is 2.65. The van der Waals surface area contributed by atoms with E-state index in [4.69, 9.17) is 0 Å². The summed E-state index contributed by atoms with van der Waals surface area (Å²) in [6.45, 7) is 4.01. The molecule has 0 atom stereocenters. The van der Waals surface area contributed by atoms with Crippen LogP contribution in [0.4, 0.5) is 0 Å². The first kappa shape index (κ1) is 12.6. The molecule has 0 bridgehead atoms. The quantitative estimate of drug-likeness (QED) is 0.595. The maximum Gasteiger partial charge on any atom is 0.153 e. The second-order valence-corrected chi connectivity index (χ2v) is 3.91. The van der Waals surface area contributed by atoms with Crippen LogP contribution in [0.1, 0.15) is 48.2 Å². The topological polar surface area (TPSA) is 57.5 Å². The van der Waals surface area contributed by atoms with Gasteiger partial charge in [0.15, 0.2) is 6.29 Å². The Hall–Kier alpha value is -1.51. The van der Waals surface area contributed by atoms with Gasteiger partial charge in [-0.3, -0.25) is 4.79 Å². The van der Waals surface area contributed by atoms with Crippen LogP contribution in [0.15, 0.2) is 6.07 Å². The first-order chi connectivity index (χ1) is 7.65. The standard InChI is InChI=1S/C13H18O3/c1-3-5-10-11(6-4-2)13(16)9(8-14)7-12(10)15/h7-8,15-16H,3-6H2,1-2H3. The third kappa shape index (κ3) is 2.35. The van der Waals surface area contributed by atoms with Gasteiger partial charge >= 0.3 is 0 Å². The van der Waals surface area contributed by atoms with Gasteiger partial charge in [-0.1, -0.05) is 26.7 Å². The van der Waals surface area contributed by atoms with Crippen molar-refractivity contribution in [3.8, 4) is 11.5 Å². The molecule has 88 valence electrons. The van der Waals surface area contributed by atoms with E-state index >= 15 is 0 Å². The molecule has 0 spiro atoms. The Bertz CT molecular complexity index is 383. The fourth-order valence-corrected chi connectivity index (χ4v) is 1.91. The average molecular weight is 222 g/mol. The average Bonchev–Trinajstić information content (AvgIpc) is 2.28. The molecule has 0 aliphatic heterocycles. The van der Waals surface area contributed by atoms with E-state index in [1.807, 2.05) is 13.8 Å². The van der Waals surface area contributed by atoms with Crippen LogP contribution in [0.25, 0.3) is 0 Å². The van der Waals surface area contributed by atoms with Gasteiger partial charge in [-0.15, -0.1) is 0 Å². The van der Waals surface area contributed by atoms with Gasteiger partial charge in [0.1, 0.15) is 11.5 Å². The number of aromatic hydroxyl groups is 2. The van der Waals surface area contributed by atoms with Gasteiger partial charge in [0.05, 0.1) is 5.56 Å². The Morgan fingerprint density at radius 2 is 1.69 bits per heavy atom. The van der Waals surface area contributed by atoms with Crippen molar-refractivity contribution >= 4 is 6.29 Å². The van der Waals surface area contributed by atoms with Crippen molar-refractivity contribution < 1.29 is 15.0 Å². The molecule has 0 amide bonds. The van der Waals surface area contributed by atoms with Crippen molar-refractivity contribution in [1.82, 2.24) is 0 Å². The number of hydrogen-bond donors (Lipinski definition) is 2. The molecular weight excluding hydrogens is 204 g/mol. The zero-order valence-electron chi connectivity index (χ0n) is 9.79. The predicted molar refractivity (Wildman–Crippen MR) is 63.1 cm³/mol. The molecule has 0 aliphatic rings. The van der Waals surface area contributed by atoms with Crippen LogP contribution < -0.4 is 0 Å². The Balaban J connectivity index is 3.35. The van der Waals surface area contributed by atoms with Gasteiger partial charge in [0.2, 0.25) is 0 Å². The number of carbonyl (C=O) groups is 1. The van der Waals surface area contributed by atoms with Gasteiger partial charge in [-0.2, -0.15) is 0 Å². The molecule has 0 fully saturated rings. The monoisotopic (exact) mass is 222 g/mol. The van der Waals surface area contributed by atoms with E-state index in [-0.39, 0.29) is 17.1 Å². The maximum absolute atomic E-state index is 10.7. The number of carbonyl (C=O) groups excluding carboxylic acids is 1. The van der Waals surface area contributed by atoms with Crippen LogP contribution in [0, 0.1) is 0 Å². The summed E-state index contributed by atoms with van der Waals surface area (Å²) in [6, 6.07) is 1.34. The minimum absolute atomic E-state index is 0.0260. The van der Waals surface area contributed by atoms with Gasteiger partial charge in [0.25, 0.3) is 0 Å². The van der Waals surface area contributed by atoms with E-state index in [0.717, 1.165) is 18.4 Å². The summed E-state index contributed by atoms with van der Waals surface area (Å²) in [4.78, 5) is 10.7. The molecule has 0 aromatic heterocycles. The van der Waals surface area contributed by atoms with Crippen molar-refractivity contribution in [2.75, 3.05) is 0 Å². The van der Waals surface area contributed by atoms with Crippen LogP contribution in [0.5, 0.6) is 11.5 Å². The number of aldehydes is 1. The van der Waals surface area contributed by atoms with Crippen molar-refractivity contribution in [3.05, 3.63) is 22.8 Å². The van der Waals surface area contributed by atoms with Crippen LogP contribution in [-0.2, 0) is 12.8 Å². The number of benzene rings is 1. The first-order valence-corrected chi connectivity index (χ1v) is 5.67. The van der Waals surface area contributed by atoms with Crippen molar-refractivity contribution in [3.63, 3.8) is 0 Å². The minimum atomic E-state index is 0.0260. The Morgan fingerprint density at radius 1 is 1.12 bits per heavy atom. The minimum Gasteiger partial charge on any atom is -0.508 e. The van der Waals surface area contributed by atoms with Crippen LogP contribution in [-0.4, -0.2) is 16.5 Å². The largest absolute Gasteiger partial charge is 0.508 e. The summed E-state index contributed by atoms with van der Waals surface area (Å²) in [5, 5.41) is 19.7. The SMILES string of the molecule is CCCc1c(O)cc(C=O)c(O)c1CCC. The molecular formula is C13H18O3. The highest BCUT2D eigenvalue weighted by Gasteiger charge is 2.15. The maximum atomic E-state index is 10.7. The van der Waals surface area contributed by atoms with Gasteiger partial charge in [-0.25, -0.2) is 0 Å². The van der Waals surface area contributed by atoms with E-state index in [1.165, 1.54) is 6.07 Å². The second-order valence-electron chi connectivity index (χ2n) is 3.91. The summed E-state index contributed by atoms with van der Waals surface area (Å²) >= 11 is 0. The molecule has 3 nitrogen and oxygen atoms in total. The van der Waals surface area contributed by atoms with Gasteiger partial charge in [-0.05, 0) is 18.9 Å². The number of rotatable bonds is 5. The third-order valence-electron chi connectivity index (χ3n) is 2.65. The number of hydrogen-bond acceptors (Lipinski definition) is 3. The lowest BCUT2D eigenvalue weighted by atomic mass is 9.95. The lowest BCUT2D eigenvalue weighted by molar-refractivity contribution is 0.112. The Labute approximate surface area is 95.7 Å². The molecule has 1 aromatic carbocycles. The van der Waals surface area contributed by atoms with Gasteiger partial charge in [0, 0.05) is 11.1 Å². The highest BCUT2D eigenvalue weighted by atomic mass is 16.3. The zero-order chi connectivity index (χ0) is 12.1. The lowest BCUT2D eigenvalue weighted by Gasteiger charge is -2.13. The molecule has 0 aliphatic carbocycles. The van der Waals surface area contributed by atoms with Crippen molar-refractivity contribution in [2.24, 2.45) is 0 Å². The fraction of sp³-hybridized carbons (Fsp3) is 0.462. The van der Waals surface area contributed by atoms with Crippen LogP contribution in [0.2, 0.25) is 0 Å². The normalized spacial score (nSPS) is 10.4. The predicted octanol–water partition coefficient (Wildman–Crippen LogP) is 2.82. The summed E-state index contributed by atoms with van der Waals surface area (Å²) in [5.41, 5.74) is 1.65. The fourth-order valence-electron chi connectivity index (χ4n) is 1.91. The number of phenols is 2. The highest BCUT2D eigenvalue weighted by molar-refractivity contribution is 5.81. The molecule has 1 rings (SSSR count). The molecule has 3 heteroatoms. The summed E-state index contributed by atoms with van der Waals surface area (Å²) in [6.07, 6.45) is 3.73. The van der Waals surface area contributed by atoms with E-state index < -0.39 is 0 Å². The van der Waals surface area contributed by atoms with E-state index in [1.54, 1.807) is 0 Å². The number of phenolic OH excluding ortho intramolecular Hbond substituents is 2. The van der Waals surface area contributed by atoms with E-state index in [0.29, 0.717) is 24.7 Å². The summed E-state index contributed by atoms with van der Waals surface area (Å²) in [5.74, 6) is 0.142. The second kappa shape index (κ2) is 5.54. The van der Waals surface area contributed by atoms with Gasteiger partial charge < -0.3 is 10.2 Å². The molecule has 0 saturated carbocycles. The molecule has 0 heterocycles. The van der Waals surface area contributed by atoms with Crippen LogP contribution in [0.3, 0.4) is 0 Å². The first-order valence-electron chi connectivity index (χ1n) is 5.67. The highest BCUT2D eigenvalue weighted by Crippen LogP contribution is 2.34. The zero-order valence-corrected chi connectivity index (χ0v) is 9.79. The van der Waals surface area contributed by atoms with Crippen molar-refractivity contribution in [1.29, 1.82) is 0 Å². The molecule has 16 heavy (non-hydrogen) atoms. The Kier molecular flexibility index (Phi) is 4.35. The lowest BCUT2D eigenvalue weighted by Crippen LogP contribution is -1.98. The van der Waals surface area contributed by atoms with E-state index in [9.17, 15) is 15.0 Å². The molecule has 0 unspecified atom stereocenters. The van der Waals surface area contributed by atoms with Crippen LogP contribution >= 0.6 is 0 Å². The van der Waals surface area contributed by atoms with E-state index in [2.05, 4.69) is 0 Å². The summed E-state index contributed by atoms with van der Waals surface area (Å²) < 4.78 is 0. The van der Waals surface area contributed by atoms with Crippen molar-refractivity contribution in [2.45, 2.75) is 39.5 Å². The smallest absolute Gasteiger partial charge is 0.153 e. The summed E-state index contributed by atoms with van der Waals surface area (Å²) in [7, 11) is 0. The Morgan fingerprint density at radius 3 is 2.19 bits per heavy atom. The molecule has 0 saturated heterocycles.